The number of hydrogen-bond acceptors (Lipinski definition) is 2. The van der Waals surface area contributed by atoms with Crippen molar-refractivity contribution in [1.29, 1.82) is 0 Å². The lowest BCUT2D eigenvalue weighted by molar-refractivity contribution is 0.626. The van der Waals surface area contributed by atoms with Gasteiger partial charge >= 0.3 is 0 Å². The van der Waals surface area contributed by atoms with E-state index in [9.17, 15) is 4.39 Å². The van der Waals surface area contributed by atoms with Crippen molar-refractivity contribution in [2.75, 3.05) is 25.5 Å². The predicted molar refractivity (Wildman–Crippen MR) is 110 cm³/mol. The minimum absolute atomic E-state index is 0. The van der Waals surface area contributed by atoms with E-state index in [0.717, 1.165) is 36.7 Å². The molecule has 0 aliphatic rings. The average Bonchev–Trinajstić information content (AvgIpc) is 2.59. The lowest BCUT2D eigenvalue weighted by atomic mass is 10.2. The maximum atomic E-state index is 12.9. The minimum Gasteiger partial charge on any atom is -0.385 e. The topological polar surface area (TPSA) is 48.5 Å². The first-order valence-corrected chi connectivity index (χ1v) is 7.76. The summed E-state index contributed by atoms with van der Waals surface area (Å²) in [6.07, 6.45) is 0.978. The second kappa shape index (κ2) is 11.7. The van der Waals surface area contributed by atoms with Crippen LogP contribution in [0, 0.1) is 5.82 Å². The van der Waals surface area contributed by atoms with E-state index in [1.54, 1.807) is 19.2 Å². The molecule has 24 heavy (non-hydrogen) atoms. The van der Waals surface area contributed by atoms with Crippen molar-refractivity contribution in [2.24, 2.45) is 4.99 Å². The molecular formula is C18H24FIN4. The number of nitrogens with zero attached hydrogens (tertiary/aromatic N) is 1. The Labute approximate surface area is 160 Å². The first-order chi connectivity index (χ1) is 11.3. The fraction of sp³-hybridized carbons (Fsp3) is 0.278. The smallest absolute Gasteiger partial charge is 0.191 e. The van der Waals surface area contributed by atoms with Gasteiger partial charge in [0.25, 0.3) is 0 Å². The van der Waals surface area contributed by atoms with E-state index < -0.39 is 0 Å². The summed E-state index contributed by atoms with van der Waals surface area (Å²) in [4.78, 5) is 4.18. The second-order valence-corrected chi connectivity index (χ2v) is 5.13. The van der Waals surface area contributed by atoms with Gasteiger partial charge in [0, 0.05) is 32.4 Å². The molecule has 0 aliphatic heterocycles. The highest BCUT2D eigenvalue weighted by molar-refractivity contribution is 14.0. The fourth-order valence-corrected chi connectivity index (χ4v) is 2.09. The van der Waals surface area contributed by atoms with Crippen molar-refractivity contribution in [2.45, 2.75) is 13.0 Å². The Kier molecular flexibility index (Phi) is 9.83. The number of aliphatic imine (C=N–C) groups is 1. The van der Waals surface area contributed by atoms with Crippen LogP contribution in [0.25, 0.3) is 0 Å². The van der Waals surface area contributed by atoms with Gasteiger partial charge < -0.3 is 16.0 Å². The molecule has 4 nitrogen and oxygen atoms in total. The number of anilines is 1. The summed E-state index contributed by atoms with van der Waals surface area (Å²) in [6, 6.07) is 16.6. The second-order valence-electron chi connectivity index (χ2n) is 5.13. The summed E-state index contributed by atoms with van der Waals surface area (Å²) in [6.45, 7) is 2.33. The van der Waals surface area contributed by atoms with Crippen molar-refractivity contribution in [1.82, 2.24) is 10.6 Å². The van der Waals surface area contributed by atoms with Crippen molar-refractivity contribution < 1.29 is 4.39 Å². The third-order valence-electron chi connectivity index (χ3n) is 3.35. The Bertz CT molecular complexity index is 602. The van der Waals surface area contributed by atoms with Gasteiger partial charge in [0.1, 0.15) is 5.82 Å². The van der Waals surface area contributed by atoms with Gasteiger partial charge in [0.05, 0.1) is 0 Å². The molecule has 3 N–H and O–H groups in total. The number of halogens is 2. The minimum atomic E-state index is -0.220. The molecule has 0 fully saturated rings. The molecule has 0 spiro atoms. The Morgan fingerprint density at radius 2 is 1.67 bits per heavy atom. The number of hydrogen-bond donors (Lipinski definition) is 3. The molecule has 0 heterocycles. The lowest BCUT2D eigenvalue weighted by Crippen LogP contribution is -2.37. The van der Waals surface area contributed by atoms with Gasteiger partial charge in [-0.1, -0.05) is 30.3 Å². The van der Waals surface area contributed by atoms with E-state index in [1.807, 2.05) is 18.2 Å². The van der Waals surface area contributed by atoms with Crippen molar-refractivity contribution in [3.8, 4) is 0 Å². The monoisotopic (exact) mass is 442 g/mol. The van der Waals surface area contributed by atoms with E-state index >= 15 is 0 Å². The van der Waals surface area contributed by atoms with E-state index in [4.69, 9.17) is 0 Å². The first kappa shape index (κ1) is 20.2. The zero-order valence-corrected chi connectivity index (χ0v) is 16.1. The van der Waals surface area contributed by atoms with Crippen LogP contribution >= 0.6 is 24.0 Å². The molecule has 0 atom stereocenters. The maximum Gasteiger partial charge on any atom is 0.191 e. The third kappa shape index (κ3) is 7.63. The summed E-state index contributed by atoms with van der Waals surface area (Å²) in [5.74, 6) is 0.524. The molecule has 0 bridgehead atoms. The molecule has 0 saturated heterocycles. The summed E-state index contributed by atoms with van der Waals surface area (Å²) >= 11 is 0. The Hall–Kier alpha value is -1.83. The zero-order chi connectivity index (χ0) is 16.3. The fourth-order valence-electron chi connectivity index (χ4n) is 2.09. The van der Waals surface area contributed by atoms with Crippen LogP contribution in [-0.2, 0) is 6.54 Å². The van der Waals surface area contributed by atoms with Gasteiger partial charge in [-0.2, -0.15) is 0 Å². The highest BCUT2D eigenvalue weighted by atomic mass is 127. The Morgan fingerprint density at radius 1 is 0.958 bits per heavy atom. The largest absolute Gasteiger partial charge is 0.385 e. The van der Waals surface area contributed by atoms with Gasteiger partial charge in [0.15, 0.2) is 5.96 Å². The van der Waals surface area contributed by atoms with Crippen molar-refractivity contribution in [3.63, 3.8) is 0 Å². The summed E-state index contributed by atoms with van der Waals surface area (Å²) in [5, 5.41) is 9.84. The van der Waals surface area contributed by atoms with Crippen molar-refractivity contribution >= 4 is 35.6 Å². The van der Waals surface area contributed by atoms with Gasteiger partial charge in [0.2, 0.25) is 0 Å². The normalized spacial score (nSPS) is 10.7. The quantitative estimate of drug-likeness (QED) is 0.266. The van der Waals surface area contributed by atoms with E-state index in [1.165, 1.54) is 12.1 Å². The molecule has 2 rings (SSSR count). The van der Waals surface area contributed by atoms with Crippen LogP contribution in [0.15, 0.2) is 59.6 Å². The van der Waals surface area contributed by atoms with Crippen LogP contribution in [-0.4, -0.2) is 26.1 Å². The highest BCUT2D eigenvalue weighted by Gasteiger charge is 1.98. The Balaban J connectivity index is 0.00000288. The highest BCUT2D eigenvalue weighted by Crippen LogP contribution is 2.04. The van der Waals surface area contributed by atoms with Crippen LogP contribution in [0.2, 0.25) is 0 Å². The number of para-hydroxylation sites is 1. The number of nitrogens with one attached hydrogen (secondary N) is 3. The molecule has 0 unspecified atom stereocenters. The Morgan fingerprint density at radius 3 is 2.33 bits per heavy atom. The molecular weight excluding hydrogens is 418 g/mol. The zero-order valence-electron chi connectivity index (χ0n) is 13.8. The van der Waals surface area contributed by atoms with Crippen LogP contribution in [0.1, 0.15) is 12.0 Å². The summed E-state index contributed by atoms with van der Waals surface area (Å²) in [7, 11) is 1.74. The summed E-state index contributed by atoms with van der Waals surface area (Å²) in [5.41, 5.74) is 2.14. The van der Waals surface area contributed by atoms with Gasteiger partial charge in [-0.25, -0.2) is 4.39 Å². The standard InChI is InChI=1S/C18H23FN4.HI/c1-20-18(23-14-15-8-10-16(19)11-9-15)22-13-5-12-21-17-6-3-2-4-7-17;/h2-4,6-11,21H,5,12-14H2,1H3,(H2,20,22,23);1H. The van der Waals surface area contributed by atoms with Gasteiger partial charge in [-0.05, 0) is 36.2 Å². The van der Waals surface area contributed by atoms with Crippen LogP contribution < -0.4 is 16.0 Å². The van der Waals surface area contributed by atoms with Crippen LogP contribution in [0.5, 0.6) is 0 Å². The maximum absolute atomic E-state index is 12.9. The average molecular weight is 442 g/mol. The first-order valence-electron chi connectivity index (χ1n) is 7.76. The van der Waals surface area contributed by atoms with Gasteiger partial charge in [-0.15, -0.1) is 24.0 Å². The van der Waals surface area contributed by atoms with E-state index in [2.05, 4.69) is 33.1 Å². The molecule has 130 valence electrons. The molecule has 0 saturated carbocycles. The van der Waals surface area contributed by atoms with Gasteiger partial charge in [-0.3, -0.25) is 4.99 Å². The SMILES string of the molecule is CN=C(NCCCNc1ccccc1)NCc1ccc(F)cc1.I. The molecule has 6 heteroatoms. The predicted octanol–water partition coefficient (Wildman–Crippen LogP) is 3.61. The number of guanidine groups is 1. The third-order valence-corrected chi connectivity index (χ3v) is 3.35. The van der Waals surface area contributed by atoms with E-state index in [0.29, 0.717) is 6.54 Å². The molecule has 0 aliphatic carbocycles. The van der Waals surface area contributed by atoms with Crippen molar-refractivity contribution in [3.05, 3.63) is 66.0 Å². The van der Waals surface area contributed by atoms with Crippen LogP contribution in [0.3, 0.4) is 0 Å². The number of benzene rings is 2. The number of rotatable bonds is 7. The lowest BCUT2D eigenvalue weighted by Gasteiger charge is -2.12. The molecule has 0 radical (unpaired) electrons. The molecule has 2 aromatic carbocycles. The molecule has 0 aromatic heterocycles. The van der Waals surface area contributed by atoms with Crippen LogP contribution in [0.4, 0.5) is 10.1 Å². The summed E-state index contributed by atoms with van der Waals surface area (Å²) < 4.78 is 12.9. The van der Waals surface area contributed by atoms with E-state index in [-0.39, 0.29) is 29.8 Å². The molecule has 0 amide bonds. The molecule has 2 aromatic rings.